The minimum absolute atomic E-state index is 0.172. The normalized spacial score (nSPS) is 16.8. The molecule has 0 radical (unpaired) electrons. The molecule has 3 aromatic rings. The number of benzene rings is 3. The molecule has 166 valence electrons. The Hall–Kier alpha value is -2.66. The van der Waals surface area contributed by atoms with E-state index in [1.807, 2.05) is 84.9 Å². The van der Waals surface area contributed by atoms with Gasteiger partial charge in [-0.3, -0.25) is 4.79 Å². The van der Waals surface area contributed by atoms with Crippen LogP contribution in [0.15, 0.2) is 84.9 Å². The van der Waals surface area contributed by atoms with Gasteiger partial charge in [-0.05, 0) is 48.2 Å². The van der Waals surface area contributed by atoms with Crippen LogP contribution < -0.4 is 5.73 Å². The number of primary amides is 1. The number of rotatable bonds is 9. The molecule has 4 nitrogen and oxygen atoms in total. The zero-order valence-corrected chi connectivity index (χ0v) is 18.9. The summed E-state index contributed by atoms with van der Waals surface area (Å²) in [4.78, 5) is 15.3. The lowest BCUT2D eigenvalue weighted by Gasteiger charge is -2.33. The molecule has 0 spiro atoms. The molecular weight excluding hydrogens is 420 g/mol. The number of amides is 1. The predicted molar refractivity (Wildman–Crippen MR) is 129 cm³/mol. The largest absolute Gasteiger partial charge is 0.372 e. The Bertz CT molecular complexity index is 987. The average Bonchev–Trinajstić information content (AvgIpc) is 3.27. The average molecular weight is 449 g/mol. The van der Waals surface area contributed by atoms with E-state index in [1.54, 1.807) is 0 Å². The van der Waals surface area contributed by atoms with Gasteiger partial charge < -0.3 is 15.4 Å². The van der Waals surface area contributed by atoms with Gasteiger partial charge in [0.05, 0.1) is 18.1 Å². The summed E-state index contributed by atoms with van der Waals surface area (Å²) in [6.07, 6.45) is 1.77. The first-order chi connectivity index (χ1) is 15.6. The van der Waals surface area contributed by atoms with Crippen LogP contribution in [0.2, 0.25) is 5.02 Å². The maximum atomic E-state index is 12.9. The Morgan fingerprint density at radius 2 is 1.66 bits per heavy atom. The van der Waals surface area contributed by atoms with Gasteiger partial charge in [-0.2, -0.15) is 0 Å². The van der Waals surface area contributed by atoms with Gasteiger partial charge in [-0.15, -0.1) is 0 Å². The number of carbonyl (C=O) groups excluding carboxylic acids is 1. The van der Waals surface area contributed by atoms with Crippen molar-refractivity contribution in [3.05, 3.63) is 107 Å². The van der Waals surface area contributed by atoms with Crippen LogP contribution in [0.3, 0.4) is 0 Å². The van der Waals surface area contributed by atoms with Crippen molar-refractivity contribution in [3.8, 4) is 0 Å². The molecule has 0 unspecified atom stereocenters. The number of nitrogens with two attached hydrogens (primary N) is 1. The van der Waals surface area contributed by atoms with Gasteiger partial charge in [0.1, 0.15) is 0 Å². The molecule has 1 amide bonds. The smallest absolute Gasteiger partial charge is 0.232 e. The summed E-state index contributed by atoms with van der Waals surface area (Å²) < 4.78 is 6.13. The molecule has 1 fully saturated rings. The molecule has 1 aliphatic heterocycles. The van der Waals surface area contributed by atoms with Crippen LogP contribution in [0.1, 0.15) is 29.5 Å². The highest BCUT2D eigenvalue weighted by molar-refractivity contribution is 6.30. The van der Waals surface area contributed by atoms with E-state index in [0.717, 1.165) is 47.8 Å². The van der Waals surface area contributed by atoms with E-state index < -0.39 is 5.41 Å². The molecule has 1 saturated heterocycles. The van der Waals surface area contributed by atoms with Crippen LogP contribution in [0.5, 0.6) is 0 Å². The van der Waals surface area contributed by atoms with Gasteiger partial charge in [0, 0.05) is 18.1 Å². The molecule has 3 aromatic carbocycles. The van der Waals surface area contributed by atoms with Crippen LogP contribution in [-0.4, -0.2) is 36.5 Å². The number of hydrogen-bond donors (Lipinski definition) is 1. The Balaban J connectivity index is 1.44. The quantitative estimate of drug-likeness (QED) is 0.512. The molecule has 0 bridgehead atoms. The second-order valence-electron chi connectivity index (χ2n) is 8.40. The van der Waals surface area contributed by atoms with Crippen molar-refractivity contribution in [2.24, 2.45) is 5.73 Å². The second-order valence-corrected chi connectivity index (χ2v) is 8.84. The Morgan fingerprint density at radius 3 is 2.25 bits per heavy atom. The Kier molecular flexibility index (Phi) is 7.26. The van der Waals surface area contributed by atoms with Crippen LogP contribution >= 0.6 is 11.6 Å². The lowest BCUT2D eigenvalue weighted by Crippen LogP contribution is -2.44. The molecule has 32 heavy (non-hydrogen) atoms. The van der Waals surface area contributed by atoms with E-state index in [4.69, 9.17) is 22.1 Å². The highest BCUT2D eigenvalue weighted by Crippen LogP contribution is 2.36. The molecule has 4 rings (SSSR count). The first-order valence-corrected chi connectivity index (χ1v) is 11.4. The minimum Gasteiger partial charge on any atom is -0.372 e. The third-order valence-electron chi connectivity index (χ3n) is 6.36. The van der Waals surface area contributed by atoms with Gasteiger partial charge in [0.15, 0.2) is 0 Å². The van der Waals surface area contributed by atoms with E-state index in [-0.39, 0.29) is 12.0 Å². The standard InChI is InChI=1S/C27H29ClN2O2/c28-24-13-7-8-21(18-24)20-32-25-14-16-30(19-25)17-15-27(26(29)31,22-9-3-1-4-10-22)23-11-5-2-6-12-23/h1-13,18,25H,14-17,19-20H2,(H2,29,31)/t25-/m1/s1. The van der Waals surface area contributed by atoms with Crippen LogP contribution in [-0.2, 0) is 21.6 Å². The Labute approximate surface area is 195 Å². The van der Waals surface area contributed by atoms with Gasteiger partial charge in [0.2, 0.25) is 5.91 Å². The predicted octanol–water partition coefficient (Wildman–Crippen LogP) is 4.79. The summed E-state index contributed by atoms with van der Waals surface area (Å²) >= 11 is 6.07. The fourth-order valence-electron chi connectivity index (χ4n) is 4.61. The van der Waals surface area contributed by atoms with Crippen molar-refractivity contribution < 1.29 is 9.53 Å². The van der Waals surface area contributed by atoms with Gasteiger partial charge in [0.25, 0.3) is 0 Å². The Morgan fingerprint density at radius 1 is 1.00 bits per heavy atom. The third kappa shape index (κ3) is 5.04. The number of nitrogens with zero attached hydrogens (tertiary/aromatic N) is 1. The first kappa shape index (κ1) is 22.5. The van der Waals surface area contributed by atoms with E-state index in [1.165, 1.54) is 0 Å². The highest BCUT2D eigenvalue weighted by atomic mass is 35.5. The first-order valence-electron chi connectivity index (χ1n) is 11.1. The number of hydrogen-bond acceptors (Lipinski definition) is 3. The SMILES string of the molecule is NC(=O)C(CCN1CC[C@@H](OCc2cccc(Cl)c2)C1)(c1ccccc1)c1ccccc1. The van der Waals surface area contributed by atoms with Crippen molar-refractivity contribution in [1.29, 1.82) is 0 Å². The summed E-state index contributed by atoms with van der Waals surface area (Å²) in [6.45, 7) is 3.11. The van der Waals surface area contributed by atoms with Gasteiger partial charge in [-0.25, -0.2) is 0 Å². The maximum Gasteiger partial charge on any atom is 0.232 e. The van der Waals surface area contributed by atoms with E-state index >= 15 is 0 Å². The summed E-state index contributed by atoms with van der Waals surface area (Å²) in [6, 6.07) is 27.5. The minimum atomic E-state index is -0.859. The van der Waals surface area contributed by atoms with Crippen molar-refractivity contribution in [2.45, 2.75) is 31.0 Å². The number of likely N-dealkylation sites (tertiary alicyclic amines) is 1. The molecule has 1 atom stereocenters. The van der Waals surface area contributed by atoms with Crippen molar-refractivity contribution in [3.63, 3.8) is 0 Å². The lowest BCUT2D eigenvalue weighted by atomic mass is 9.71. The van der Waals surface area contributed by atoms with Crippen molar-refractivity contribution in [2.75, 3.05) is 19.6 Å². The second kappa shape index (κ2) is 10.3. The van der Waals surface area contributed by atoms with E-state index in [0.29, 0.717) is 13.0 Å². The fourth-order valence-corrected chi connectivity index (χ4v) is 4.82. The third-order valence-corrected chi connectivity index (χ3v) is 6.60. The summed E-state index contributed by atoms with van der Waals surface area (Å²) in [5, 5.41) is 0.726. The highest BCUT2D eigenvalue weighted by Gasteiger charge is 2.40. The monoisotopic (exact) mass is 448 g/mol. The molecular formula is C27H29ClN2O2. The summed E-state index contributed by atoms with van der Waals surface area (Å²) in [5.41, 5.74) is 8.17. The van der Waals surface area contributed by atoms with Crippen LogP contribution in [0, 0.1) is 0 Å². The van der Waals surface area contributed by atoms with Gasteiger partial charge in [-0.1, -0.05) is 84.4 Å². The van der Waals surface area contributed by atoms with Crippen LogP contribution in [0.25, 0.3) is 0 Å². The zero-order chi connectivity index (χ0) is 22.4. The number of halogens is 1. The molecule has 0 aromatic heterocycles. The maximum absolute atomic E-state index is 12.9. The van der Waals surface area contributed by atoms with Crippen molar-refractivity contribution >= 4 is 17.5 Å². The topological polar surface area (TPSA) is 55.6 Å². The molecule has 5 heteroatoms. The fraction of sp³-hybridized carbons (Fsp3) is 0.296. The molecule has 1 heterocycles. The van der Waals surface area contributed by atoms with E-state index in [2.05, 4.69) is 4.90 Å². The van der Waals surface area contributed by atoms with Crippen molar-refractivity contribution in [1.82, 2.24) is 4.90 Å². The molecule has 2 N–H and O–H groups in total. The van der Waals surface area contributed by atoms with Crippen LogP contribution in [0.4, 0.5) is 0 Å². The number of ether oxygens (including phenoxy) is 1. The summed E-state index contributed by atoms with van der Waals surface area (Å²) in [7, 11) is 0. The molecule has 0 saturated carbocycles. The molecule has 1 aliphatic rings. The molecule has 0 aliphatic carbocycles. The number of carbonyl (C=O) groups is 1. The lowest BCUT2D eigenvalue weighted by molar-refractivity contribution is -0.122. The summed E-state index contributed by atoms with van der Waals surface area (Å²) in [5.74, 6) is -0.317. The zero-order valence-electron chi connectivity index (χ0n) is 18.1. The van der Waals surface area contributed by atoms with Gasteiger partial charge >= 0.3 is 0 Å². The van der Waals surface area contributed by atoms with E-state index in [9.17, 15) is 4.79 Å².